The number of H-pyrrole nitrogens is 1. The minimum atomic E-state index is 0.123. The van der Waals surface area contributed by atoms with Gasteiger partial charge in [-0.05, 0) is 37.1 Å². The molecule has 0 unspecified atom stereocenters. The van der Waals surface area contributed by atoms with Gasteiger partial charge in [0, 0.05) is 6.54 Å². The Bertz CT molecular complexity index is 551. The zero-order chi connectivity index (χ0) is 14.4. The number of nitrogens with zero attached hydrogens (tertiary/aromatic N) is 2. The molecule has 0 saturated carbocycles. The molecule has 2 aromatic rings. The first kappa shape index (κ1) is 14.3. The Morgan fingerprint density at radius 1 is 1.50 bits per heavy atom. The molecule has 0 fully saturated rings. The van der Waals surface area contributed by atoms with Crippen molar-refractivity contribution in [3.8, 4) is 5.75 Å². The molecule has 0 aliphatic carbocycles. The summed E-state index contributed by atoms with van der Waals surface area (Å²) >= 11 is 0. The highest BCUT2D eigenvalue weighted by Crippen LogP contribution is 2.15. The molecule has 0 spiro atoms. The zero-order valence-electron chi connectivity index (χ0n) is 11.9. The van der Waals surface area contributed by atoms with Crippen LogP contribution < -0.4 is 10.1 Å². The van der Waals surface area contributed by atoms with Crippen LogP contribution in [-0.4, -0.2) is 21.8 Å². The van der Waals surface area contributed by atoms with Gasteiger partial charge in [-0.3, -0.25) is 5.10 Å². The van der Waals surface area contributed by atoms with Crippen molar-refractivity contribution in [3.63, 3.8) is 0 Å². The van der Waals surface area contributed by atoms with Gasteiger partial charge in [0.1, 0.15) is 24.5 Å². The number of ether oxygens (including phenoxy) is 1. The van der Waals surface area contributed by atoms with Crippen LogP contribution in [0.3, 0.4) is 0 Å². The number of benzene rings is 1. The van der Waals surface area contributed by atoms with Crippen LogP contribution in [0, 0.1) is 0 Å². The zero-order valence-corrected chi connectivity index (χ0v) is 11.9. The fourth-order valence-electron chi connectivity index (χ4n) is 1.74. The second-order valence-corrected chi connectivity index (χ2v) is 4.87. The van der Waals surface area contributed by atoms with Gasteiger partial charge in [-0.25, -0.2) is 4.98 Å². The lowest BCUT2D eigenvalue weighted by Gasteiger charge is -2.12. The van der Waals surface area contributed by atoms with Gasteiger partial charge < -0.3 is 10.1 Å². The highest BCUT2D eigenvalue weighted by molar-refractivity contribution is 5.28. The van der Waals surface area contributed by atoms with E-state index in [0.29, 0.717) is 6.61 Å². The lowest BCUT2D eigenvalue weighted by molar-refractivity contribution is 0.352. The fourth-order valence-corrected chi connectivity index (χ4v) is 1.74. The van der Waals surface area contributed by atoms with E-state index in [9.17, 15) is 0 Å². The summed E-state index contributed by atoms with van der Waals surface area (Å²) in [5.74, 6) is 1.69. The van der Waals surface area contributed by atoms with Crippen LogP contribution in [0.25, 0.3) is 0 Å². The first-order valence-electron chi connectivity index (χ1n) is 6.60. The minimum Gasteiger partial charge on any atom is -0.489 e. The van der Waals surface area contributed by atoms with E-state index in [1.165, 1.54) is 6.33 Å². The maximum atomic E-state index is 5.63. The van der Waals surface area contributed by atoms with E-state index >= 15 is 0 Å². The Kier molecular flexibility index (Phi) is 4.90. The molecule has 0 radical (unpaired) electrons. The average Bonchev–Trinajstić information content (AvgIpc) is 2.97. The number of aromatic amines is 1. The van der Waals surface area contributed by atoms with Gasteiger partial charge in [0.15, 0.2) is 0 Å². The lowest BCUT2D eigenvalue weighted by Crippen LogP contribution is -2.19. The lowest BCUT2D eigenvalue weighted by atomic mass is 10.2. The summed E-state index contributed by atoms with van der Waals surface area (Å²) in [4.78, 5) is 4.13. The smallest absolute Gasteiger partial charge is 0.141 e. The minimum absolute atomic E-state index is 0.123. The number of hydrogen-bond donors (Lipinski definition) is 2. The molecule has 5 nitrogen and oxygen atoms in total. The third-order valence-corrected chi connectivity index (χ3v) is 2.84. The molecule has 0 amide bonds. The monoisotopic (exact) mass is 272 g/mol. The first-order valence-corrected chi connectivity index (χ1v) is 6.60. The number of hydrogen-bond acceptors (Lipinski definition) is 4. The Hall–Kier alpha value is -2.14. The van der Waals surface area contributed by atoms with E-state index in [1.807, 2.05) is 32.0 Å². The van der Waals surface area contributed by atoms with Crippen molar-refractivity contribution >= 4 is 0 Å². The van der Waals surface area contributed by atoms with Crippen LogP contribution in [0.5, 0.6) is 5.75 Å². The molecule has 1 atom stereocenters. The topological polar surface area (TPSA) is 62.8 Å². The maximum absolute atomic E-state index is 5.63. The molecule has 1 aromatic heterocycles. The highest BCUT2D eigenvalue weighted by atomic mass is 16.5. The molecule has 0 bridgehead atoms. The molecule has 106 valence electrons. The second-order valence-electron chi connectivity index (χ2n) is 4.87. The Balaban J connectivity index is 1.89. The predicted octanol–water partition coefficient (Wildman–Crippen LogP) is 2.61. The second kappa shape index (κ2) is 6.86. The summed E-state index contributed by atoms with van der Waals surface area (Å²) in [5.41, 5.74) is 2.17. The molecular formula is C15H20N4O. The third kappa shape index (κ3) is 4.20. The van der Waals surface area contributed by atoms with Gasteiger partial charge in [-0.15, -0.1) is 0 Å². The van der Waals surface area contributed by atoms with Crippen LogP contribution in [0.4, 0.5) is 0 Å². The van der Waals surface area contributed by atoms with Crippen molar-refractivity contribution in [1.29, 1.82) is 0 Å². The summed E-state index contributed by atoms with van der Waals surface area (Å²) in [6.07, 6.45) is 1.51. The van der Waals surface area contributed by atoms with Gasteiger partial charge in [-0.2, -0.15) is 5.10 Å². The quantitative estimate of drug-likeness (QED) is 0.761. The van der Waals surface area contributed by atoms with E-state index < -0.39 is 0 Å². The van der Waals surface area contributed by atoms with Crippen LogP contribution in [0.2, 0.25) is 0 Å². The summed E-state index contributed by atoms with van der Waals surface area (Å²) in [6, 6.07) is 8.16. The molecule has 0 aliphatic heterocycles. The SMILES string of the molecule is C=C(C)COc1cccc(CN[C@H](C)c2ncn[nH]2)c1. The van der Waals surface area contributed by atoms with Gasteiger partial charge in [0.25, 0.3) is 0 Å². The first-order chi connectivity index (χ1) is 9.65. The molecule has 0 saturated heterocycles. The maximum Gasteiger partial charge on any atom is 0.141 e. The molecule has 2 rings (SSSR count). The molecule has 0 aliphatic rings. The molecule has 20 heavy (non-hydrogen) atoms. The number of rotatable bonds is 7. The fraction of sp³-hybridized carbons (Fsp3) is 0.333. The van der Waals surface area contributed by atoms with Crippen molar-refractivity contribution in [2.45, 2.75) is 26.4 Å². The molecular weight excluding hydrogens is 252 g/mol. The van der Waals surface area contributed by atoms with E-state index in [0.717, 1.165) is 29.3 Å². The summed E-state index contributed by atoms with van der Waals surface area (Å²) in [6.45, 7) is 9.11. The predicted molar refractivity (Wildman–Crippen MR) is 78.4 cm³/mol. The van der Waals surface area contributed by atoms with E-state index in [4.69, 9.17) is 4.74 Å². The van der Waals surface area contributed by atoms with Gasteiger partial charge in [-0.1, -0.05) is 18.7 Å². The van der Waals surface area contributed by atoms with Crippen molar-refractivity contribution < 1.29 is 4.74 Å². The number of nitrogens with one attached hydrogen (secondary N) is 2. The van der Waals surface area contributed by atoms with Crippen LogP contribution in [0.15, 0.2) is 42.7 Å². The molecule has 1 aromatic carbocycles. The molecule has 2 N–H and O–H groups in total. The Morgan fingerprint density at radius 3 is 3.05 bits per heavy atom. The van der Waals surface area contributed by atoms with Crippen molar-refractivity contribution in [1.82, 2.24) is 20.5 Å². The molecule has 1 heterocycles. The highest BCUT2D eigenvalue weighted by Gasteiger charge is 2.07. The average molecular weight is 272 g/mol. The van der Waals surface area contributed by atoms with Gasteiger partial charge >= 0.3 is 0 Å². The van der Waals surface area contributed by atoms with E-state index in [-0.39, 0.29) is 6.04 Å². The van der Waals surface area contributed by atoms with Gasteiger partial charge in [0.05, 0.1) is 6.04 Å². The third-order valence-electron chi connectivity index (χ3n) is 2.84. The van der Waals surface area contributed by atoms with Crippen molar-refractivity contribution in [3.05, 3.63) is 54.1 Å². The van der Waals surface area contributed by atoms with E-state index in [1.54, 1.807) is 0 Å². The normalized spacial score (nSPS) is 12.1. The standard InChI is InChI=1S/C15H20N4O/c1-11(2)9-20-14-6-4-5-13(7-14)8-16-12(3)15-17-10-18-19-15/h4-7,10,12,16H,1,8-9H2,2-3H3,(H,17,18,19)/t12-/m1/s1. The summed E-state index contributed by atoms with van der Waals surface area (Å²) in [7, 11) is 0. The largest absolute Gasteiger partial charge is 0.489 e. The summed E-state index contributed by atoms with van der Waals surface area (Å²) < 4.78 is 5.63. The van der Waals surface area contributed by atoms with Crippen LogP contribution >= 0.6 is 0 Å². The van der Waals surface area contributed by atoms with Gasteiger partial charge in [0.2, 0.25) is 0 Å². The number of aromatic nitrogens is 3. The van der Waals surface area contributed by atoms with Crippen LogP contribution in [-0.2, 0) is 6.54 Å². The summed E-state index contributed by atoms with van der Waals surface area (Å²) in [5, 5.41) is 10.1. The van der Waals surface area contributed by atoms with Crippen molar-refractivity contribution in [2.24, 2.45) is 0 Å². The van der Waals surface area contributed by atoms with Crippen LogP contribution in [0.1, 0.15) is 31.3 Å². The Labute approximate surface area is 119 Å². The molecule has 5 heteroatoms. The van der Waals surface area contributed by atoms with E-state index in [2.05, 4.69) is 33.1 Å². The Morgan fingerprint density at radius 2 is 2.35 bits per heavy atom. The van der Waals surface area contributed by atoms with Crippen molar-refractivity contribution in [2.75, 3.05) is 6.61 Å².